The fourth-order valence-electron chi connectivity index (χ4n) is 5.90. The van der Waals surface area contributed by atoms with Gasteiger partial charge in [-0.15, -0.1) is 0 Å². The van der Waals surface area contributed by atoms with Crippen molar-refractivity contribution in [2.24, 2.45) is 0 Å². The zero-order valence-corrected chi connectivity index (χ0v) is 29.5. The highest BCUT2D eigenvalue weighted by Crippen LogP contribution is 2.27. The third-order valence-electron chi connectivity index (χ3n) is 8.47. The van der Waals surface area contributed by atoms with Gasteiger partial charge < -0.3 is 10.2 Å². The van der Waals surface area contributed by atoms with Crippen molar-refractivity contribution in [3.8, 4) is 0 Å². The Morgan fingerprint density at radius 2 is 1.53 bits per heavy atom. The fourth-order valence-corrected chi connectivity index (χ4v) is 7.89. The van der Waals surface area contributed by atoms with Crippen LogP contribution >= 0.6 is 27.5 Å². The molecule has 2 amide bonds. The monoisotopic (exact) mass is 735 g/mol. The summed E-state index contributed by atoms with van der Waals surface area (Å²) in [6, 6.07) is 29.1. The standard InChI is InChI=1S/C37H39BrClN3O4S/c1-27-15-21-34(22-16-27)47(45,46)42(33-19-17-31(39)18-20-33)26-36(43)41(25-29-11-8-12-30(38)23-29)35(24-28-9-4-2-5-10-28)37(44)40-32-13-6-3-7-14-32/h2,4-5,8-12,15-23,32,35H,3,6-7,13-14,24-26H2,1H3,(H,40,44). The fraction of sp³-hybridized carbons (Fsp3) is 0.297. The summed E-state index contributed by atoms with van der Waals surface area (Å²) < 4.78 is 30.3. The van der Waals surface area contributed by atoms with Crippen molar-refractivity contribution in [3.05, 3.63) is 129 Å². The van der Waals surface area contributed by atoms with Gasteiger partial charge in [0.15, 0.2) is 0 Å². The van der Waals surface area contributed by atoms with E-state index in [1.165, 1.54) is 17.0 Å². The molecule has 246 valence electrons. The molecule has 10 heteroatoms. The summed E-state index contributed by atoms with van der Waals surface area (Å²) in [6.07, 6.45) is 5.28. The summed E-state index contributed by atoms with van der Waals surface area (Å²) in [5.74, 6) is -0.751. The summed E-state index contributed by atoms with van der Waals surface area (Å²) in [5, 5.41) is 3.67. The maximum absolute atomic E-state index is 14.6. The summed E-state index contributed by atoms with van der Waals surface area (Å²) in [5.41, 5.74) is 2.89. The number of nitrogens with zero attached hydrogens (tertiary/aromatic N) is 2. The topological polar surface area (TPSA) is 86.8 Å². The first-order valence-electron chi connectivity index (χ1n) is 15.8. The Hall–Kier alpha value is -3.66. The van der Waals surface area contributed by atoms with Crippen LogP contribution in [0.25, 0.3) is 0 Å². The molecular formula is C37H39BrClN3O4S. The van der Waals surface area contributed by atoms with Crippen LogP contribution in [0.3, 0.4) is 0 Å². The average molecular weight is 737 g/mol. The molecule has 0 spiro atoms. The third-order valence-corrected chi connectivity index (χ3v) is 11.0. The van der Waals surface area contributed by atoms with E-state index < -0.39 is 28.5 Å². The van der Waals surface area contributed by atoms with Crippen molar-refractivity contribution in [2.45, 2.75) is 69.0 Å². The highest BCUT2D eigenvalue weighted by atomic mass is 79.9. The number of anilines is 1. The van der Waals surface area contributed by atoms with Gasteiger partial charge in [0.05, 0.1) is 10.6 Å². The van der Waals surface area contributed by atoms with Crippen LogP contribution in [0.2, 0.25) is 5.02 Å². The lowest BCUT2D eigenvalue weighted by Crippen LogP contribution is -2.55. The smallest absolute Gasteiger partial charge is 0.264 e. The maximum atomic E-state index is 14.6. The second-order valence-corrected chi connectivity index (χ2v) is 15.2. The van der Waals surface area contributed by atoms with Crippen molar-refractivity contribution in [1.29, 1.82) is 0 Å². The minimum atomic E-state index is -4.18. The Bertz CT molecular complexity index is 1760. The predicted molar refractivity (Wildman–Crippen MR) is 191 cm³/mol. The molecule has 1 N–H and O–H groups in total. The largest absolute Gasteiger partial charge is 0.352 e. The number of carbonyl (C=O) groups is 2. The highest BCUT2D eigenvalue weighted by Gasteiger charge is 2.35. The Morgan fingerprint density at radius 3 is 2.19 bits per heavy atom. The van der Waals surface area contributed by atoms with Crippen molar-refractivity contribution in [3.63, 3.8) is 0 Å². The number of rotatable bonds is 12. The zero-order valence-electron chi connectivity index (χ0n) is 26.3. The predicted octanol–water partition coefficient (Wildman–Crippen LogP) is 7.70. The van der Waals surface area contributed by atoms with Gasteiger partial charge in [0, 0.05) is 28.5 Å². The number of carbonyl (C=O) groups excluding carboxylic acids is 2. The first-order valence-corrected chi connectivity index (χ1v) is 18.4. The molecule has 4 aromatic rings. The lowest BCUT2D eigenvalue weighted by atomic mass is 9.94. The zero-order chi connectivity index (χ0) is 33.4. The van der Waals surface area contributed by atoms with Crippen molar-refractivity contribution in [2.75, 3.05) is 10.8 Å². The lowest BCUT2D eigenvalue weighted by molar-refractivity contribution is -0.140. The summed E-state index contributed by atoms with van der Waals surface area (Å²) in [4.78, 5) is 30.4. The van der Waals surface area contributed by atoms with Crippen LogP contribution < -0.4 is 9.62 Å². The van der Waals surface area contributed by atoms with Gasteiger partial charge in [0.25, 0.3) is 10.0 Å². The molecule has 0 saturated heterocycles. The lowest BCUT2D eigenvalue weighted by Gasteiger charge is -2.35. The third kappa shape index (κ3) is 9.24. The molecule has 1 fully saturated rings. The quantitative estimate of drug-likeness (QED) is 0.162. The van der Waals surface area contributed by atoms with Gasteiger partial charge in [0.2, 0.25) is 11.8 Å². The van der Waals surface area contributed by atoms with Gasteiger partial charge in [-0.3, -0.25) is 13.9 Å². The summed E-state index contributed by atoms with van der Waals surface area (Å²) in [6.45, 7) is 1.46. The molecule has 1 saturated carbocycles. The number of aryl methyl sites for hydroxylation is 1. The molecule has 0 radical (unpaired) electrons. The molecule has 47 heavy (non-hydrogen) atoms. The van der Waals surface area contributed by atoms with Gasteiger partial charge in [-0.1, -0.05) is 107 Å². The molecule has 0 aromatic heterocycles. The SMILES string of the molecule is Cc1ccc(S(=O)(=O)N(CC(=O)N(Cc2cccc(Br)c2)C(Cc2ccccc2)C(=O)NC2CCCCC2)c2ccc(Cl)cc2)cc1. The first kappa shape index (κ1) is 34.7. The Balaban J connectivity index is 1.56. The number of nitrogens with one attached hydrogen (secondary N) is 1. The van der Waals surface area contributed by atoms with E-state index in [9.17, 15) is 18.0 Å². The van der Waals surface area contributed by atoms with Crippen molar-refractivity contribution >= 4 is 55.1 Å². The van der Waals surface area contributed by atoms with Crippen LogP contribution in [0, 0.1) is 6.92 Å². The van der Waals surface area contributed by atoms with Crippen LogP contribution in [-0.2, 0) is 32.6 Å². The van der Waals surface area contributed by atoms with Crippen molar-refractivity contribution < 1.29 is 18.0 Å². The molecule has 4 aromatic carbocycles. The molecule has 1 atom stereocenters. The maximum Gasteiger partial charge on any atom is 0.264 e. The minimum Gasteiger partial charge on any atom is -0.352 e. The van der Waals surface area contributed by atoms with Gasteiger partial charge in [0.1, 0.15) is 12.6 Å². The molecule has 5 rings (SSSR count). The first-order chi connectivity index (χ1) is 22.6. The second-order valence-electron chi connectivity index (χ2n) is 12.0. The Kier molecular flexibility index (Phi) is 11.8. The molecule has 0 aliphatic heterocycles. The van der Waals surface area contributed by atoms with E-state index in [0.29, 0.717) is 5.02 Å². The van der Waals surface area contributed by atoms with Crippen LogP contribution in [0.5, 0.6) is 0 Å². The molecule has 7 nitrogen and oxygen atoms in total. The van der Waals surface area contributed by atoms with E-state index in [0.717, 1.165) is 57.6 Å². The Morgan fingerprint density at radius 1 is 0.872 bits per heavy atom. The van der Waals surface area contributed by atoms with Crippen LogP contribution in [0.4, 0.5) is 5.69 Å². The highest BCUT2D eigenvalue weighted by molar-refractivity contribution is 9.10. The van der Waals surface area contributed by atoms with E-state index >= 15 is 0 Å². The number of hydrogen-bond donors (Lipinski definition) is 1. The number of sulfonamides is 1. The van der Waals surface area contributed by atoms with E-state index in [2.05, 4.69) is 21.2 Å². The van der Waals surface area contributed by atoms with Gasteiger partial charge in [-0.25, -0.2) is 8.42 Å². The number of halogens is 2. The van der Waals surface area contributed by atoms with Gasteiger partial charge in [-0.2, -0.15) is 0 Å². The Labute approximate surface area is 291 Å². The summed E-state index contributed by atoms with van der Waals surface area (Å²) in [7, 11) is -4.18. The second kappa shape index (κ2) is 16.0. The molecule has 1 unspecified atom stereocenters. The summed E-state index contributed by atoms with van der Waals surface area (Å²) >= 11 is 9.69. The van der Waals surface area contributed by atoms with E-state index in [1.807, 2.05) is 61.5 Å². The van der Waals surface area contributed by atoms with Crippen molar-refractivity contribution in [1.82, 2.24) is 10.2 Å². The molecule has 0 heterocycles. The van der Waals surface area contributed by atoms with Crippen LogP contribution in [0.15, 0.2) is 112 Å². The molecule has 1 aliphatic rings. The number of benzene rings is 4. The average Bonchev–Trinajstić information content (AvgIpc) is 3.06. The van der Waals surface area contributed by atoms with Gasteiger partial charge >= 0.3 is 0 Å². The molecular weight excluding hydrogens is 698 g/mol. The van der Waals surface area contributed by atoms with Crippen LogP contribution in [-0.4, -0.2) is 43.8 Å². The van der Waals surface area contributed by atoms with Gasteiger partial charge in [-0.05, 0) is 79.4 Å². The van der Waals surface area contributed by atoms with E-state index in [4.69, 9.17) is 11.6 Å². The number of amides is 2. The molecule has 0 bridgehead atoms. The minimum absolute atomic E-state index is 0.0322. The molecule has 1 aliphatic carbocycles. The number of hydrogen-bond acceptors (Lipinski definition) is 4. The normalized spacial score (nSPS) is 14.3. The van der Waals surface area contributed by atoms with E-state index in [-0.39, 0.29) is 35.5 Å². The van der Waals surface area contributed by atoms with Crippen LogP contribution in [0.1, 0.15) is 48.8 Å². The van der Waals surface area contributed by atoms with E-state index in [1.54, 1.807) is 36.4 Å².